The Morgan fingerprint density at radius 2 is 1.60 bits per heavy atom. The number of hydrogen-bond acceptors (Lipinski definition) is 1. The zero-order valence-electron chi connectivity index (χ0n) is 12.3. The lowest BCUT2D eigenvalue weighted by atomic mass is 9.84. The van der Waals surface area contributed by atoms with Crippen LogP contribution < -0.4 is 4.90 Å². The normalized spacial score (nSPS) is 16.3. The molecule has 102 valence electrons. The summed E-state index contributed by atoms with van der Waals surface area (Å²) < 4.78 is 0. The van der Waals surface area contributed by atoms with E-state index in [-0.39, 0.29) is 5.41 Å². The lowest BCUT2D eigenvalue weighted by Gasteiger charge is -2.25. The van der Waals surface area contributed by atoms with Crippen LogP contribution in [-0.2, 0) is 11.8 Å². The van der Waals surface area contributed by atoms with Crippen molar-refractivity contribution in [3.63, 3.8) is 0 Å². The molecule has 1 aliphatic rings. The second-order valence-electron chi connectivity index (χ2n) is 5.98. The molecule has 1 aliphatic heterocycles. The van der Waals surface area contributed by atoms with Crippen molar-refractivity contribution >= 4 is 5.69 Å². The van der Waals surface area contributed by atoms with Gasteiger partial charge in [0.15, 0.2) is 0 Å². The lowest BCUT2D eigenvalue weighted by molar-refractivity contribution is 0.633. The minimum atomic E-state index is 0.0350. The molecule has 0 radical (unpaired) electrons. The van der Waals surface area contributed by atoms with Gasteiger partial charge in [-0.1, -0.05) is 69.0 Å². The summed E-state index contributed by atoms with van der Waals surface area (Å²) in [6, 6.07) is 19.3. The molecule has 0 aromatic heterocycles. The Labute approximate surface area is 121 Å². The first-order valence-electron chi connectivity index (χ1n) is 7.21. The monoisotopic (exact) mass is 263 g/mol. The molecule has 1 heteroatoms. The smallest absolute Gasteiger partial charge is 0.0450 e. The maximum absolute atomic E-state index is 4.34. The predicted molar refractivity (Wildman–Crippen MR) is 86.1 cm³/mol. The Kier molecular flexibility index (Phi) is 3.13. The van der Waals surface area contributed by atoms with Gasteiger partial charge in [-0.15, -0.1) is 0 Å². The number of benzene rings is 2. The predicted octanol–water partition coefficient (Wildman–Crippen LogP) is 4.54. The Balaban J connectivity index is 1.86. The number of fused-ring (bicyclic) bond motifs is 1. The molecule has 1 heterocycles. The van der Waals surface area contributed by atoms with Crippen LogP contribution in [-0.4, -0.2) is 6.54 Å². The highest BCUT2D eigenvalue weighted by molar-refractivity contribution is 5.69. The largest absolute Gasteiger partial charge is 0.344 e. The van der Waals surface area contributed by atoms with Crippen LogP contribution in [0.5, 0.6) is 0 Å². The van der Waals surface area contributed by atoms with Gasteiger partial charge in [0.25, 0.3) is 0 Å². The SMILES string of the molecule is C=C1N(CCc2ccccc2)c2ccccc2C1(C)C. The van der Waals surface area contributed by atoms with Gasteiger partial charge in [0, 0.05) is 23.3 Å². The van der Waals surface area contributed by atoms with E-state index in [0.29, 0.717) is 0 Å². The van der Waals surface area contributed by atoms with Crippen LogP contribution in [0, 0.1) is 0 Å². The zero-order chi connectivity index (χ0) is 14.2. The van der Waals surface area contributed by atoms with Gasteiger partial charge in [-0.2, -0.15) is 0 Å². The summed E-state index contributed by atoms with van der Waals surface area (Å²) in [6.45, 7) is 9.85. The second kappa shape index (κ2) is 4.82. The minimum absolute atomic E-state index is 0.0350. The molecule has 0 fully saturated rings. The maximum atomic E-state index is 4.34. The molecule has 3 rings (SSSR count). The third-order valence-electron chi connectivity index (χ3n) is 4.38. The highest BCUT2D eigenvalue weighted by Gasteiger charge is 2.38. The van der Waals surface area contributed by atoms with Gasteiger partial charge in [-0.3, -0.25) is 0 Å². The van der Waals surface area contributed by atoms with Crippen molar-refractivity contribution in [3.8, 4) is 0 Å². The molecule has 0 atom stereocenters. The van der Waals surface area contributed by atoms with Crippen molar-refractivity contribution in [1.82, 2.24) is 0 Å². The molecule has 2 aromatic carbocycles. The molecule has 0 unspecified atom stereocenters. The van der Waals surface area contributed by atoms with Gasteiger partial charge in [-0.25, -0.2) is 0 Å². The average molecular weight is 263 g/mol. The molecule has 2 aromatic rings. The fourth-order valence-corrected chi connectivity index (χ4v) is 3.02. The highest BCUT2D eigenvalue weighted by atomic mass is 15.2. The van der Waals surface area contributed by atoms with Crippen LogP contribution in [0.15, 0.2) is 66.9 Å². The molecular formula is C19H21N. The molecular weight excluding hydrogens is 242 g/mol. The van der Waals surface area contributed by atoms with Crippen molar-refractivity contribution in [1.29, 1.82) is 0 Å². The van der Waals surface area contributed by atoms with Gasteiger partial charge in [-0.05, 0) is 23.6 Å². The molecule has 0 N–H and O–H groups in total. The second-order valence-corrected chi connectivity index (χ2v) is 5.98. The standard InChI is InChI=1S/C19H21N/c1-15-19(2,3)17-11-7-8-12-18(17)20(15)14-13-16-9-5-4-6-10-16/h4-12H,1,13-14H2,2-3H3. The summed E-state index contributed by atoms with van der Waals surface area (Å²) in [6.07, 6.45) is 1.05. The van der Waals surface area contributed by atoms with Gasteiger partial charge in [0.2, 0.25) is 0 Å². The van der Waals surface area contributed by atoms with E-state index in [1.165, 1.54) is 22.5 Å². The van der Waals surface area contributed by atoms with Crippen molar-refractivity contribution in [2.75, 3.05) is 11.4 Å². The fourth-order valence-electron chi connectivity index (χ4n) is 3.02. The molecule has 0 bridgehead atoms. The summed E-state index contributed by atoms with van der Waals surface area (Å²) in [5.74, 6) is 0. The lowest BCUT2D eigenvalue weighted by Crippen LogP contribution is -2.27. The summed E-state index contributed by atoms with van der Waals surface area (Å²) >= 11 is 0. The highest BCUT2D eigenvalue weighted by Crippen LogP contribution is 2.46. The van der Waals surface area contributed by atoms with Crippen molar-refractivity contribution in [2.24, 2.45) is 0 Å². The van der Waals surface area contributed by atoms with Gasteiger partial charge in [0.05, 0.1) is 0 Å². The number of rotatable bonds is 3. The molecule has 0 saturated carbocycles. The van der Waals surface area contributed by atoms with E-state index in [0.717, 1.165) is 13.0 Å². The summed E-state index contributed by atoms with van der Waals surface area (Å²) in [5.41, 5.74) is 5.32. The van der Waals surface area contributed by atoms with E-state index in [1.54, 1.807) is 0 Å². The Morgan fingerprint density at radius 1 is 0.950 bits per heavy atom. The molecule has 0 amide bonds. The van der Waals surface area contributed by atoms with E-state index < -0.39 is 0 Å². The number of para-hydroxylation sites is 1. The number of anilines is 1. The van der Waals surface area contributed by atoms with Crippen LogP contribution >= 0.6 is 0 Å². The number of hydrogen-bond donors (Lipinski definition) is 0. The van der Waals surface area contributed by atoms with Crippen molar-refractivity contribution in [2.45, 2.75) is 25.7 Å². The zero-order valence-corrected chi connectivity index (χ0v) is 12.3. The third-order valence-corrected chi connectivity index (χ3v) is 4.38. The maximum Gasteiger partial charge on any atom is 0.0450 e. The third kappa shape index (κ3) is 2.03. The molecule has 0 spiro atoms. The van der Waals surface area contributed by atoms with Crippen LogP contribution in [0.25, 0.3) is 0 Å². The van der Waals surface area contributed by atoms with Gasteiger partial charge in [0.1, 0.15) is 0 Å². The van der Waals surface area contributed by atoms with E-state index in [2.05, 4.69) is 79.9 Å². The van der Waals surface area contributed by atoms with E-state index >= 15 is 0 Å². The molecule has 20 heavy (non-hydrogen) atoms. The van der Waals surface area contributed by atoms with E-state index in [1.807, 2.05) is 0 Å². The molecule has 0 aliphatic carbocycles. The summed E-state index contributed by atoms with van der Waals surface area (Å²) in [4.78, 5) is 2.38. The first-order chi connectivity index (χ1) is 9.60. The van der Waals surface area contributed by atoms with Crippen LogP contribution in [0.3, 0.4) is 0 Å². The number of allylic oxidation sites excluding steroid dienone is 1. The Bertz CT molecular complexity index is 625. The quantitative estimate of drug-likeness (QED) is 0.785. The number of nitrogens with zero attached hydrogens (tertiary/aromatic N) is 1. The van der Waals surface area contributed by atoms with Crippen molar-refractivity contribution < 1.29 is 0 Å². The first kappa shape index (κ1) is 13.0. The van der Waals surface area contributed by atoms with E-state index in [9.17, 15) is 0 Å². The van der Waals surface area contributed by atoms with Crippen LogP contribution in [0.4, 0.5) is 5.69 Å². The molecule has 0 saturated heterocycles. The minimum Gasteiger partial charge on any atom is -0.344 e. The Morgan fingerprint density at radius 3 is 2.35 bits per heavy atom. The van der Waals surface area contributed by atoms with Crippen LogP contribution in [0.2, 0.25) is 0 Å². The van der Waals surface area contributed by atoms with Gasteiger partial charge >= 0.3 is 0 Å². The summed E-state index contributed by atoms with van der Waals surface area (Å²) in [7, 11) is 0. The topological polar surface area (TPSA) is 3.24 Å². The van der Waals surface area contributed by atoms with Crippen LogP contribution in [0.1, 0.15) is 25.0 Å². The first-order valence-corrected chi connectivity index (χ1v) is 7.21. The molecule has 1 nitrogen and oxygen atoms in total. The average Bonchev–Trinajstić information content (AvgIpc) is 2.67. The van der Waals surface area contributed by atoms with E-state index in [4.69, 9.17) is 0 Å². The Hall–Kier alpha value is -2.02. The summed E-state index contributed by atoms with van der Waals surface area (Å²) in [5, 5.41) is 0. The van der Waals surface area contributed by atoms with Crippen molar-refractivity contribution in [3.05, 3.63) is 78.0 Å². The van der Waals surface area contributed by atoms with Gasteiger partial charge < -0.3 is 4.90 Å². The fraction of sp³-hybridized carbons (Fsp3) is 0.263.